The highest BCUT2D eigenvalue weighted by Gasteiger charge is 2.35. The molecule has 2 rings (SSSR count). The van der Waals surface area contributed by atoms with E-state index in [0.29, 0.717) is 3.70 Å². The number of nitrogens with zero attached hydrogens (tertiary/aromatic N) is 1. The topological polar surface area (TPSA) is 105 Å². The molecule has 94 valence electrons. The fourth-order valence-corrected chi connectivity index (χ4v) is 2.59. The summed E-state index contributed by atoms with van der Waals surface area (Å²) in [5.41, 5.74) is -1.06. The van der Waals surface area contributed by atoms with E-state index in [1.54, 1.807) is 0 Å². The molecule has 0 amide bonds. The van der Waals surface area contributed by atoms with Gasteiger partial charge in [-0.1, -0.05) is 0 Å². The molecule has 0 radical (unpaired) electrons. The van der Waals surface area contributed by atoms with Crippen molar-refractivity contribution in [1.82, 2.24) is 9.55 Å². The normalized spacial score (nSPS) is 28.5. The van der Waals surface area contributed by atoms with Crippen molar-refractivity contribution in [1.29, 1.82) is 0 Å². The fraction of sp³-hybridized carbons (Fsp3) is 0.556. The maximum atomic E-state index is 11.6. The molecule has 2 heterocycles. The second-order valence-electron chi connectivity index (χ2n) is 3.75. The zero-order chi connectivity index (χ0) is 12.6. The first-order valence-corrected chi connectivity index (χ1v) is 6.06. The minimum Gasteiger partial charge on any atom is -0.394 e. The predicted molar refractivity (Wildman–Crippen MR) is 65.7 cm³/mol. The summed E-state index contributed by atoms with van der Waals surface area (Å²) in [6.07, 6.45) is -1.99. The van der Waals surface area contributed by atoms with Crippen molar-refractivity contribution in [3.8, 4) is 0 Å². The van der Waals surface area contributed by atoms with E-state index in [0.717, 1.165) is 0 Å². The monoisotopic (exact) mass is 354 g/mol. The van der Waals surface area contributed by atoms with Crippen LogP contribution in [0.2, 0.25) is 0 Å². The van der Waals surface area contributed by atoms with Crippen LogP contribution < -0.4 is 11.2 Å². The molecule has 1 unspecified atom stereocenters. The van der Waals surface area contributed by atoms with Crippen molar-refractivity contribution >= 4 is 22.6 Å². The van der Waals surface area contributed by atoms with Crippen LogP contribution in [-0.4, -0.2) is 38.6 Å². The molecular formula is C9H11IN2O5. The maximum Gasteiger partial charge on any atom is 0.331 e. The summed E-state index contributed by atoms with van der Waals surface area (Å²) in [5, 5.41) is 18.5. The molecule has 7 nitrogen and oxygen atoms in total. The molecule has 0 saturated carbocycles. The van der Waals surface area contributed by atoms with E-state index < -0.39 is 29.7 Å². The van der Waals surface area contributed by atoms with E-state index in [1.807, 2.05) is 22.6 Å². The molecule has 0 spiro atoms. The van der Waals surface area contributed by atoms with Crippen molar-refractivity contribution in [2.75, 3.05) is 6.61 Å². The van der Waals surface area contributed by atoms with Crippen molar-refractivity contribution in [3.63, 3.8) is 0 Å². The third-order valence-electron chi connectivity index (χ3n) is 2.60. The first-order valence-electron chi connectivity index (χ1n) is 4.98. The summed E-state index contributed by atoms with van der Waals surface area (Å²) < 4.78 is 7.02. The van der Waals surface area contributed by atoms with Gasteiger partial charge in [-0.25, -0.2) is 4.79 Å². The van der Waals surface area contributed by atoms with Gasteiger partial charge in [-0.2, -0.15) is 0 Å². The molecule has 3 N–H and O–H groups in total. The average molecular weight is 354 g/mol. The van der Waals surface area contributed by atoms with Crippen LogP contribution in [0.1, 0.15) is 12.6 Å². The first-order chi connectivity index (χ1) is 8.02. The number of hydrogen-bond acceptors (Lipinski definition) is 5. The summed E-state index contributed by atoms with van der Waals surface area (Å²) in [7, 11) is 0. The van der Waals surface area contributed by atoms with Gasteiger partial charge in [-0.15, -0.1) is 0 Å². The van der Waals surface area contributed by atoms with Crippen LogP contribution in [0.15, 0.2) is 15.7 Å². The van der Waals surface area contributed by atoms with Gasteiger partial charge in [-0.05, 0) is 22.6 Å². The van der Waals surface area contributed by atoms with Crippen LogP contribution in [0.25, 0.3) is 0 Å². The summed E-state index contributed by atoms with van der Waals surface area (Å²) in [4.78, 5) is 24.8. The highest BCUT2D eigenvalue weighted by Crippen LogP contribution is 2.28. The number of halogens is 1. The highest BCUT2D eigenvalue weighted by atomic mass is 127. The molecule has 1 aliphatic heterocycles. The third-order valence-corrected chi connectivity index (χ3v) is 3.43. The summed E-state index contributed by atoms with van der Waals surface area (Å²) >= 11 is 1.85. The Bertz CT molecular complexity index is 525. The van der Waals surface area contributed by atoms with E-state index in [1.165, 1.54) is 10.6 Å². The Balaban J connectivity index is 2.37. The van der Waals surface area contributed by atoms with E-state index in [2.05, 4.69) is 4.98 Å². The third kappa shape index (κ3) is 2.44. The number of ether oxygens (including phenoxy) is 1. The molecule has 3 atom stereocenters. The lowest BCUT2D eigenvalue weighted by molar-refractivity contribution is -0.0467. The number of aromatic nitrogens is 2. The van der Waals surface area contributed by atoms with Gasteiger partial charge in [0, 0.05) is 12.5 Å². The first kappa shape index (κ1) is 12.7. The lowest BCUT2D eigenvalue weighted by Gasteiger charge is -2.15. The van der Waals surface area contributed by atoms with E-state index in [9.17, 15) is 14.7 Å². The Labute approximate surface area is 109 Å². The Morgan fingerprint density at radius 3 is 2.82 bits per heavy atom. The number of aromatic amines is 1. The Hall–Kier alpha value is -0.710. The smallest absolute Gasteiger partial charge is 0.331 e. The molecule has 1 aromatic heterocycles. The lowest BCUT2D eigenvalue weighted by Crippen LogP contribution is -2.34. The number of hydrogen-bond donors (Lipinski definition) is 3. The number of H-pyrrole nitrogens is 1. The van der Waals surface area contributed by atoms with Crippen LogP contribution in [0, 0.1) is 3.70 Å². The Morgan fingerprint density at radius 2 is 2.29 bits per heavy atom. The largest absolute Gasteiger partial charge is 0.394 e. The number of rotatable bonds is 2. The van der Waals surface area contributed by atoms with Crippen molar-refractivity contribution in [2.24, 2.45) is 0 Å². The van der Waals surface area contributed by atoms with E-state index in [-0.39, 0.29) is 13.0 Å². The van der Waals surface area contributed by atoms with Crippen molar-refractivity contribution in [3.05, 3.63) is 30.6 Å². The highest BCUT2D eigenvalue weighted by molar-refractivity contribution is 14.1. The zero-order valence-corrected chi connectivity index (χ0v) is 10.8. The second-order valence-corrected chi connectivity index (χ2v) is 4.85. The summed E-state index contributed by atoms with van der Waals surface area (Å²) in [5.74, 6) is 0. The van der Waals surface area contributed by atoms with Crippen molar-refractivity contribution < 1.29 is 14.9 Å². The lowest BCUT2D eigenvalue weighted by atomic mass is 10.2. The molecule has 1 fully saturated rings. The standard InChI is InChI=1S/C9H11IN2O5/c10-6-2-7(15)11-9(16)12(6)8-1-4(14)5(3-13)17-8/h2,4-5,8,13-14H,1,3H2,(H,11,15,16)/t4?,5-,8-/m0/s1. The van der Waals surface area contributed by atoms with E-state index in [4.69, 9.17) is 9.84 Å². The predicted octanol–water partition coefficient (Wildman–Crippen LogP) is -1.22. The number of nitrogens with one attached hydrogen (secondary N) is 1. The minimum absolute atomic E-state index is 0.202. The van der Waals surface area contributed by atoms with Gasteiger partial charge < -0.3 is 14.9 Å². The van der Waals surface area contributed by atoms with Gasteiger partial charge in [0.2, 0.25) is 0 Å². The van der Waals surface area contributed by atoms with Gasteiger partial charge in [0.05, 0.1) is 16.4 Å². The van der Waals surface area contributed by atoms with Gasteiger partial charge in [0.15, 0.2) is 0 Å². The summed E-state index contributed by atoms with van der Waals surface area (Å²) in [6.45, 7) is -0.313. The van der Waals surface area contributed by atoms with Gasteiger partial charge in [0.25, 0.3) is 5.56 Å². The molecule has 1 aromatic rings. The van der Waals surface area contributed by atoms with Crippen LogP contribution in [-0.2, 0) is 4.74 Å². The quantitative estimate of drug-likeness (QED) is 0.456. The molecule has 0 aliphatic carbocycles. The van der Waals surface area contributed by atoms with Crippen LogP contribution in [0.3, 0.4) is 0 Å². The summed E-state index contributed by atoms with van der Waals surface area (Å²) in [6, 6.07) is 1.27. The molecule has 1 saturated heterocycles. The van der Waals surface area contributed by atoms with Crippen LogP contribution in [0.5, 0.6) is 0 Å². The fourth-order valence-electron chi connectivity index (χ4n) is 1.78. The second kappa shape index (κ2) is 4.88. The van der Waals surface area contributed by atoms with E-state index >= 15 is 0 Å². The molecule has 17 heavy (non-hydrogen) atoms. The van der Waals surface area contributed by atoms with Gasteiger partial charge in [0.1, 0.15) is 12.3 Å². The molecule has 0 aromatic carbocycles. The Kier molecular flexibility index (Phi) is 3.66. The number of aliphatic hydroxyl groups excluding tert-OH is 2. The van der Waals surface area contributed by atoms with Crippen LogP contribution >= 0.6 is 22.6 Å². The molecule has 1 aliphatic rings. The van der Waals surface area contributed by atoms with Crippen LogP contribution in [0.4, 0.5) is 0 Å². The minimum atomic E-state index is -0.820. The van der Waals surface area contributed by atoms with Gasteiger partial charge >= 0.3 is 5.69 Å². The Morgan fingerprint density at radius 1 is 1.59 bits per heavy atom. The molecule has 0 bridgehead atoms. The maximum absolute atomic E-state index is 11.6. The SMILES string of the molecule is O=c1cc(I)n([C@@H]2CC(O)[C@H](CO)O2)c(=O)[nH]1. The molecular weight excluding hydrogens is 343 g/mol. The van der Waals surface area contributed by atoms with Crippen molar-refractivity contribution in [2.45, 2.75) is 24.9 Å². The zero-order valence-electron chi connectivity index (χ0n) is 8.67. The van der Waals surface area contributed by atoms with Gasteiger partial charge in [-0.3, -0.25) is 14.3 Å². The molecule has 8 heteroatoms. The number of aliphatic hydroxyl groups is 2. The average Bonchev–Trinajstić information content (AvgIpc) is 2.57.